The van der Waals surface area contributed by atoms with E-state index in [2.05, 4.69) is 10.2 Å². The van der Waals surface area contributed by atoms with Crippen LogP contribution < -0.4 is 5.32 Å². The maximum atomic E-state index is 12.4. The van der Waals surface area contributed by atoms with Crippen molar-refractivity contribution in [2.24, 2.45) is 5.92 Å². The summed E-state index contributed by atoms with van der Waals surface area (Å²) in [5.74, 6) is -0.399. The Hall–Kier alpha value is -1.21. The van der Waals surface area contributed by atoms with Gasteiger partial charge in [0.25, 0.3) is 0 Å². The summed E-state index contributed by atoms with van der Waals surface area (Å²) in [6.07, 6.45) is 1.27. The number of piperazine rings is 1. The summed E-state index contributed by atoms with van der Waals surface area (Å²) in [7, 11) is 0. The van der Waals surface area contributed by atoms with Crippen LogP contribution >= 0.6 is 0 Å². The molecule has 22 heavy (non-hydrogen) atoms. The van der Waals surface area contributed by atoms with Crippen molar-refractivity contribution in [3.05, 3.63) is 23.0 Å². The Morgan fingerprint density at radius 2 is 2.36 bits per heavy atom. The fourth-order valence-electron chi connectivity index (χ4n) is 3.70. The molecule has 6 heteroatoms. The summed E-state index contributed by atoms with van der Waals surface area (Å²) < 4.78 is 5.32. The number of carbonyl (C=O) groups is 1. The SMILES string of the molecule is CC1=C2COC=C2CC(=O)C1[C@H](O)CN1CCNCC1CO. The van der Waals surface area contributed by atoms with Crippen molar-refractivity contribution in [3.8, 4) is 0 Å². The lowest BCUT2D eigenvalue weighted by atomic mass is 9.77. The van der Waals surface area contributed by atoms with E-state index in [1.165, 1.54) is 0 Å². The number of aliphatic hydroxyl groups is 2. The third-order valence-electron chi connectivity index (χ3n) is 4.98. The number of carbonyl (C=O) groups excluding carboxylic acids is 1. The molecule has 1 fully saturated rings. The maximum Gasteiger partial charge on any atom is 0.147 e. The molecule has 2 unspecified atom stereocenters. The molecule has 0 radical (unpaired) electrons. The van der Waals surface area contributed by atoms with Crippen LogP contribution in [0.1, 0.15) is 13.3 Å². The zero-order chi connectivity index (χ0) is 15.7. The number of fused-ring (bicyclic) bond motifs is 1. The lowest BCUT2D eigenvalue weighted by Crippen LogP contribution is -2.56. The van der Waals surface area contributed by atoms with E-state index in [0.29, 0.717) is 26.1 Å². The second-order valence-corrected chi connectivity index (χ2v) is 6.34. The van der Waals surface area contributed by atoms with Crippen LogP contribution in [-0.4, -0.2) is 72.4 Å². The number of rotatable bonds is 4. The number of ether oxygens (including phenoxy) is 1. The van der Waals surface area contributed by atoms with Crippen molar-refractivity contribution in [1.29, 1.82) is 0 Å². The van der Waals surface area contributed by atoms with E-state index >= 15 is 0 Å². The topological polar surface area (TPSA) is 82.0 Å². The number of β-amino-alcohol motifs (C(OH)–C–C–N with tert-alkyl or cyclic N) is 1. The minimum atomic E-state index is -0.741. The summed E-state index contributed by atoms with van der Waals surface area (Å²) >= 11 is 0. The number of ketones is 1. The molecular weight excluding hydrogens is 284 g/mol. The van der Waals surface area contributed by atoms with Crippen LogP contribution in [0.15, 0.2) is 23.0 Å². The van der Waals surface area contributed by atoms with Gasteiger partial charge in [-0.15, -0.1) is 0 Å². The third kappa shape index (κ3) is 2.84. The van der Waals surface area contributed by atoms with Crippen molar-refractivity contribution in [3.63, 3.8) is 0 Å². The van der Waals surface area contributed by atoms with Gasteiger partial charge in [0, 0.05) is 44.2 Å². The summed E-state index contributed by atoms with van der Waals surface area (Å²) in [5, 5.41) is 23.3. The van der Waals surface area contributed by atoms with E-state index in [1.807, 2.05) is 6.92 Å². The number of nitrogens with one attached hydrogen (secondary N) is 1. The quantitative estimate of drug-likeness (QED) is 0.645. The van der Waals surface area contributed by atoms with E-state index in [4.69, 9.17) is 4.74 Å². The lowest BCUT2D eigenvalue weighted by molar-refractivity contribution is -0.125. The number of aliphatic hydroxyl groups excluding tert-OH is 2. The predicted molar refractivity (Wildman–Crippen MR) is 81.2 cm³/mol. The first-order valence-corrected chi connectivity index (χ1v) is 7.89. The molecule has 0 saturated carbocycles. The van der Waals surface area contributed by atoms with Crippen molar-refractivity contribution < 1.29 is 19.7 Å². The standard InChI is InChI=1S/C16H24N2O4/c1-10-13-9-22-8-11(13)4-14(20)16(10)15(21)6-18-3-2-17-5-12(18)7-19/h8,12,15-17,19,21H,2-7,9H2,1H3/t12?,15-,16?/m1/s1. The van der Waals surface area contributed by atoms with E-state index in [1.54, 1.807) is 6.26 Å². The van der Waals surface area contributed by atoms with E-state index in [0.717, 1.165) is 29.8 Å². The molecule has 0 aromatic carbocycles. The first-order chi connectivity index (χ1) is 10.6. The van der Waals surface area contributed by atoms with Crippen LogP contribution in [0.3, 0.4) is 0 Å². The molecule has 3 N–H and O–H groups in total. The summed E-state index contributed by atoms with van der Waals surface area (Å²) in [4.78, 5) is 14.5. The molecule has 3 aliphatic rings. The first-order valence-electron chi connectivity index (χ1n) is 7.89. The molecular formula is C16H24N2O4. The summed E-state index contributed by atoms with van der Waals surface area (Å²) in [6.45, 7) is 5.21. The monoisotopic (exact) mass is 308 g/mol. The van der Waals surface area contributed by atoms with Crippen LogP contribution in [0.25, 0.3) is 0 Å². The highest BCUT2D eigenvalue weighted by Crippen LogP contribution is 2.36. The molecule has 0 aromatic rings. The summed E-state index contributed by atoms with van der Waals surface area (Å²) in [6, 6.07) is 0.000299. The molecule has 0 spiro atoms. The minimum absolute atomic E-state index is 0.000299. The van der Waals surface area contributed by atoms with Crippen LogP contribution in [0, 0.1) is 5.92 Å². The molecule has 1 saturated heterocycles. The molecule has 3 atom stereocenters. The fraction of sp³-hybridized carbons (Fsp3) is 0.688. The fourth-order valence-corrected chi connectivity index (χ4v) is 3.70. The predicted octanol–water partition coefficient (Wildman–Crippen LogP) is -0.567. The molecule has 3 rings (SSSR count). The molecule has 0 amide bonds. The summed E-state index contributed by atoms with van der Waals surface area (Å²) in [5.41, 5.74) is 2.97. The molecule has 2 aliphatic heterocycles. The van der Waals surface area contributed by atoms with Gasteiger partial charge in [-0.05, 0) is 12.5 Å². The Bertz CT molecular complexity index is 514. The lowest BCUT2D eigenvalue weighted by Gasteiger charge is -2.38. The van der Waals surface area contributed by atoms with Gasteiger partial charge in [-0.2, -0.15) is 0 Å². The van der Waals surface area contributed by atoms with Crippen molar-refractivity contribution in [2.45, 2.75) is 25.5 Å². The largest absolute Gasteiger partial charge is 0.496 e. The van der Waals surface area contributed by atoms with Gasteiger partial charge in [-0.25, -0.2) is 0 Å². The number of Topliss-reactive ketones (excluding diaryl/α,β-unsaturated/α-hetero) is 1. The Balaban J connectivity index is 1.74. The second-order valence-electron chi connectivity index (χ2n) is 6.34. The zero-order valence-corrected chi connectivity index (χ0v) is 12.9. The average molecular weight is 308 g/mol. The molecule has 122 valence electrons. The highest BCUT2D eigenvalue weighted by atomic mass is 16.5. The van der Waals surface area contributed by atoms with Crippen molar-refractivity contribution in [2.75, 3.05) is 39.4 Å². The molecule has 0 aromatic heterocycles. The Morgan fingerprint density at radius 3 is 3.14 bits per heavy atom. The van der Waals surface area contributed by atoms with Crippen LogP contribution in [0.2, 0.25) is 0 Å². The van der Waals surface area contributed by atoms with Gasteiger partial charge in [0.1, 0.15) is 12.4 Å². The van der Waals surface area contributed by atoms with Gasteiger partial charge in [0.2, 0.25) is 0 Å². The number of nitrogens with zero attached hydrogens (tertiary/aromatic N) is 1. The number of hydrogen-bond acceptors (Lipinski definition) is 6. The van der Waals surface area contributed by atoms with Gasteiger partial charge in [0.05, 0.1) is 24.9 Å². The van der Waals surface area contributed by atoms with Gasteiger partial charge in [-0.1, -0.05) is 5.57 Å². The number of hydrogen-bond donors (Lipinski definition) is 3. The van der Waals surface area contributed by atoms with Crippen LogP contribution in [0.4, 0.5) is 0 Å². The first kappa shape index (κ1) is 15.7. The highest BCUT2D eigenvalue weighted by Gasteiger charge is 2.38. The van der Waals surface area contributed by atoms with Crippen molar-refractivity contribution >= 4 is 5.78 Å². The van der Waals surface area contributed by atoms with Gasteiger partial charge < -0.3 is 20.3 Å². The van der Waals surface area contributed by atoms with E-state index < -0.39 is 12.0 Å². The van der Waals surface area contributed by atoms with E-state index in [-0.39, 0.29) is 18.4 Å². The molecule has 2 heterocycles. The molecule has 0 bridgehead atoms. The smallest absolute Gasteiger partial charge is 0.147 e. The van der Waals surface area contributed by atoms with E-state index in [9.17, 15) is 15.0 Å². The Kier molecular flexibility index (Phi) is 4.63. The minimum Gasteiger partial charge on any atom is -0.496 e. The Labute approximate surface area is 130 Å². The molecule has 1 aliphatic carbocycles. The van der Waals surface area contributed by atoms with Crippen LogP contribution in [0.5, 0.6) is 0 Å². The normalized spacial score (nSPS) is 30.9. The van der Waals surface area contributed by atoms with Crippen LogP contribution in [-0.2, 0) is 9.53 Å². The highest BCUT2D eigenvalue weighted by molar-refractivity contribution is 5.90. The zero-order valence-electron chi connectivity index (χ0n) is 12.9. The van der Waals surface area contributed by atoms with Gasteiger partial charge in [-0.3, -0.25) is 9.69 Å². The van der Waals surface area contributed by atoms with Gasteiger partial charge in [0.15, 0.2) is 0 Å². The average Bonchev–Trinajstić information content (AvgIpc) is 2.96. The molecule has 6 nitrogen and oxygen atoms in total. The van der Waals surface area contributed by atoms with Crippen molar-refractivity contribution in [1.82, 2.24) is 10.2 Å². The second kappa shape index (κ2) is 6.50. The Morgan fingerprint density at radius 1 is 1.55 bits per heavy atom. The van der Waals surface area contributed by atoms with Gasteiger partial charge >= 0.3 is 0 Å². The third-order valence-corrected chi connectivity index (χ3v) is 4.98. The maximum absolute atomic E-state index is 12.4.